The minimum atomic E-state index is -0.415. The smallest absolute Gasteiger partial charge is 0.0945 e. The van der Waals surface area contributed by atoms with Crippen LogP contribution in [0.25, 0.3) is 0 Å². The minimum Gasteiger partial charge on any atom is -0.387 e. The first kappa shape index (κ1) is 14.5. The maximum Gasteiger partial charge on any atom is 0.0945 e. The van der Waals surface area contributed by atoms with E-state index in [1.165, 1.54) is 0 Å². The Morgan fingerprint density at radius 3 is 2.68 bits per heavy atom. The van der Waals surface area contributed by atoms with E-state index in [1.54, 1.807) is 0 Å². The molecule has 1 N–H and O–H groups in total. The van der Waals surface area contributed by atoms with Gasteiger partial charge in [0.05, 0.1) is 18.8 Å². The fraction of sp³-hybridized carbons (Fsp3) is 0.625. The van der Waals surface area contributed by atoms with Gasteiger partial charge in [0.1, 0.15) is 0 Å². The molecule has 0 saturated carbocycles. The fourth-order valence-corrected chi connectivity index (χ4v) is 2.84. The zero-order valence-electron chi connectivity index (χ0n) is 12.0. The van der Waals surface area contributed by atoms with E-state index in [2.05, 4.69) is 18.7 Å². The van der Waals surface area contributed by atoms with Crippen molar-refractivity contribution >= 4 is 0 Å². The third-order valence-corrected chi connectivity index (χ3v) is 4.02. The number of morpholine rings is 1. The van der Waals surface area contributed by atoms with Crippen LogP contribution in [0.4, 0.5) is 0 Å². The molecule has 0 aliphatic carbocycles. The first-order chi connectivity index (χ1) is 9.26. The highest BCUT2D eigenvalue weighted by atomic mass is 16.5. The molecule has 0 radical (unpaired) electrons. The maximum absolute atomic E-state index is 10.6. The molecule has 0 bridgehead atoms. The number of ether oxygens (including phenoxy) is 1. The molecule has 3 unspecified atom stereocenters. The Hall–Kier alpha value is -0.900. The summed E-state index contributed by atoms with van der Waals surface area (Å²) < 4.78 is 5.71. The van der Waals surface area contributed by atoms with Crippen molar-refractivity contribution in [2.75, 3.05) is 19.7 Å². The van der Waals surface area contributed by atoms with Gasteiger partial charge in [0, 0.05) is 19.1 Å². The van der Waals surface area contributed by atoms with Crippen molar-refractivity contribution in [3.05, 3.63) is 35.9 Å². The van der Waals surface area contributed by atoms with Gasteiger partial charge in [-0.05, 0) is 18.4 Å². The van der Waals surface area contributed by atoms with E-state index in [1.807, 2.05) is 30.3 Å². The van der Waals surface area contributed by atoms with Gasteiger partial charge in [-0.2, -0.15) is 0 Å². The van der Waals surface area contributed by atoms with Crippen molar-refractivity contribution in [1.82, 2.24) is 4.90 Å². The molecule has 1 aromatic carbocycles. The van der Waals surface area contributed by atoms with Gasteiger partial charge in [-0.3, -0.25) is 4.90 Å². The van der Waals surface area contributed by atoms with Gasteiger partial charge in [0.25, 0.3) is 0 Å². The monoisotopic (exact) mass is 263 g/mol. The van der Waals surface area contributed by atoms with Crippen molar-refractivity contribution < 1.29 is 9.84 Å². The van der Waals surface area contributed by atoms with Gasteiger partial charge in [-0.15, -0.1) is 0 Å². The third kappa shape index (κ3) is 3.56. The predicted molar refractivity (Wildman–Crippen MR) is 77.1 cm³/mol. The van der Waals surface area contributed by atoms with Crippen molar-refractivity contribution in [1.29, 1.82) is 0 Å². The van der Waals surface area contributed by atoms with Gasteiger partial charge in [0.2, 0.25) is 0 Å². The topological polar surface area (TPSA) is 32.7 Å². The Balaban J connectivity index is 2.06. The Morgan fingerprint density at radius 1 is 1.32 bits per heavy atom. The number of benzene rings is 1. The summed E-state index contributed by atoms with van der Waals surface area (Å²) in [5.41, 5.74) is 1.01. The van der Waals surface area contributed by atoms with Crippen LogP contribution in [0, 0.1) is 0 Å². The average Bonchev–Trinajstić information content (AvgIpc) is 2.49. The summed E-state index contributed by atoms with van der Waals surface area (Å²) in [6.07, 6.45) is 1.88. The van der Waals surface area contributed by atoms with Crippen LogP contribution in [0.5, 0.6) is 0 Å². The summed E-state index contributed by atoms with van der Waals surface area (Å²) >= 11 is 0. The van der Waals surface area contributed by atoms with Crippen LogP contribution in [0.3, 0.4) is 0 Å². The molecule has 1 fully saturated rings. The number of aliphatic hydroxyl groups is 1. The SMILES string of the molecule is CCC1CN(C(CC)C(O)c2ccccc2)CCO1. The first-order valence-corrected chi connectivity index (χ1v) is 7.34. The first-order valence-electron chi connectivity index (χ1n) is 7.34. The van der Waals surface area contributed by atoms with Crippen LogP contribution in [0.1, 0.15) is 38.4 Å². The molecule has 1 aliphatic heterocycles. The molecule has 3 atom stereocenters. The fourth-order valence-electron chi connectivity index (χ4n) is 2.84. The van der Waals surface area contributed by atoms with Crippen molar-refractivity contribution in [3.8, 4) is 0 Å². The molecule has 1 aliphatic rings. The summed E-state index contributed by atoms with van der Waals surface area (Å²) in [6.45, 7) is 6.92. The summed E-state index contributed by atoms with van der Waals surface area (Å²) in [5.74, 6) is 0. The van der Waals surface area contributed by atoms with Gasteiger partial charge < -0.3 is 9.84 Å². The molecule has 0 spiro atoms. The van der Waals surface area contributed by atoms with Gasteiger partial charge in [0.15, 0.2) is 0 Å². The van der Waals surface area contributed by atoms with Crippen LogP contribution in [-0.4, -0.2) is 41.8 Å². The van der Waals surface area contributed by atoms with Crippen molar-refractivity contribution in [2.45, 2.75) is 44.9 Å². The molecule has 106 valence electrons. The molecule has 1 aromatic rings. The number of hydrogen-bond donors (Lipinski definition) is 1. The molecule has 0 amide bonds. The second-order valence-electron chi connectivity index (χ2n) is 5.23. The standard InChI is InChI=1S/C16H25NO2/c1-3-14-12-17(10-11-19-14)15(4-2)16(18)13-8-6-5-7-9-13/h5-9,14-16,18H,3-4,10-12H2,1-2H3. The zero-order chi connectivity index (χ0) is 13.7. The number of nitrogens with zero attached hydrogens (tertiary/aromatic N) is 1. The van der Waals surface area contributed by atoms with E-state index >= 15 is 0 Å². The molecule has 1 heterocycles. The van der Waals surface area contributed by atoms with Crippen LogP contribution in [0.2, 0.25) is 0 Å². The van der Waals surface area contributed by atoms with Crippen molar-refractivity contribution in [2.24, 2.45) is 0 Å². The Morgan fingerprint density at radius 2 is 2.05 bits per heavy atom. The largest absolute Gasteiger partial charge is 0.387 e. The maximum atomic E-state index is 10.6. The van der Waals surface area contributed by atoms with Crippen LogP contribution in [0.15, 0.2) is 30.3 Å². The van der Waals surface area contributed by atoms with E-state index in [-0.39, 0.29) is 6.04 Å². The molecular formula is C16H25NO2. The minimum absolute atomic E-state index is 0.181. The number of hydrogen-bond acceptors (Lipinski definition) is 3. The molecule has 3 nitrogen and oxygen atoms in total. The highest BCUT2D eigenvalue weighted by molar-refractivity contribution is 5.19. The summed E-state index contributed by atoms with van der Waals surface area (Å²) in [5, 5.41) is 10.6. The number of rotatable bonds is 5. The lowest BCUT2D eigenvalue weighted by atomic mass is 9.98. The predicted octanol–water partition coefficient (Wildman–Crippen LogP) is 2.61. The molecule has 19 heavy (non-hydrogen) atoms. The quantitative estimate of drug-likeness (QED) is 0.886. The average molecular weight is 263 g/mol. The lowest BCUT2D eigenvalue weighted by Gasteiger charge is -2.39. The van der Waals surface area contributed by atoms with Crippen LogP contribution >= 0.6 is 0 Å². The highest BCUT2D eigenvalue weighted by Gasteiger charge is 2.29. The molecular weight excluding hydrogens is 238 g/mol. The highest BCUT2D eigenvalue weighted by Crippen LogP contribution is 2.25. The Labute approximate surface area is 116 Å². The van der Waals surface area contributed by atoms with E-state index < -0.39 is 6.10 Å². The normalized spacial score (nSPS) is 24.1. The van der Waals surface area contributed by atoms with E-state index in [4.69, 9.17) is 4.74 Å². The van der Waals surface area contributed by atoms with Crippen molar-refractivity contribution in [3.63, 3.8) is 0 Å². The summed E-state index contributed by atoms with van der Waals surface area (Å²) in [4.78, 5) is 2.38. The van der Waals surface area contributed by atoms with Gasteiger partial charge in [-0.1, -0.05) is 44.2 Å². The Kier molecular flexibility index (Phi) is 5.37. The van der Waals surface area contributed by atoms with E-state index in [0.717, 1.165) is 38.1 Å². The summed E-state index contributed by atoms with van der Waals surface area (Å²) in [6, 6.07) is 10.1. The molecule has 3 heteroatoms. The second kappa shape index (κ2) is 7.04. The molecule has 2 rings (SSSR count). The van der Waals surface area contributed by atoms with Gasteiger partial charge >= 0.3 is 0 Å². The molecule has 1 saturated heterocycles. The van der Waals surface area contributed by atoms with Gasteiger partial charge in [-0.25, -0.2) is 0 Å². The second-order valence-corrected chi connectivity index (χ2v) is 5.23. The van der Waals surface area contributed by atoms with Crippen LogP contribution < -0.4 is 0 Å². The van der Waals surface area contributed by atoms with E-state index in [9.17, 15) is 5.11 Å². The lowest BCUT2D eigenvalue weighted by molar-refractivity contribution is -0.0670. The zero-order valence-corrected chi connectivity index (χ0v) is 12.0. The third-order valence-electron chi connectivity index (χ3n) is 4.02. The molecule has 0 aromatic heterocycles. The Bertz CT molecular complexity index is 368. The summed E-state index contributed by atoms with van der Waals surface area (Å²) in [7, 11) is 0. The van der Waals surface area contributed by atoms with E-state index in [0.29, 0.717) is 6.10 Å². The number of aliphatic hydroxyl groups excluding tert-OH is 1. The van der Waals surface area contributed by atoms with Crippen LogP contribution in [-0.2, 0) is 4.74 Å². The lowest BCUT2D eigenvalue weighted by Crippen LogP contribution is -2.49.